The van der Waals surface area contributed by atoms with E-state index in [2.05, 4.69) is 4.74 Å². The molecule has 0 atom stereocenters. The number of esters is 1. The van der Waals surface area contributed by atoms with Crippen molar-refractivity contribution in [3.63, 3.8) is 0 Å². The first kappa shape index (κ1) is 6.95. The molecule has 0 saturated carbocycles. The molecule has 2 nitrogen and oxygen atoms in total. The molecule has 1 heterocycles. The first-order chi connectivity index (χ1) is 2.89. The van der Waals surface area contributed by atoms with E-state index in [9.17, 15) is 4.79 Å². The smallest absolute Gasteiger partial charge is 0.305 e. The third kappa shape index (κ3) is 1.92. The van der Waals surface area contributed by atoms with Crippen molar-refractivity contribution in [1.29, 1.82) is 0 Å². The maximum Gasteiger partial charge on any atom is 0.305 e. The molecule has 1 aliphatic heterocycles. The van der Waals surface area contributed by atoms with Crippen molar-refractivity contribution in [1.82, 2.24) is 0 Å². The highest BCUT2D eigenvalue weighted by Gasteiger charge is 2.08. The van der Waals surface area contributed by atoms with Gasteiger partial charge in [0.2, 0.25) is 0 Å². The topological polar surface area (TPSA) is 26.3 Å². The van der Waals surface area contributed by atoms with Crippen LogP contribution in [0.15, 0.2) is 0 Å². The lowest BCUT2D eigenvalue weighted by Crippen LogP contribution is -1.88. The first-order valence-corrected chi connectivity index (χ1v) is 2.05. The Bertz CT molecular complexity index is 64.1. The number of cyclic esters (lactones) is 1. The Hall–Kier alpha value is -0.0500. The highest BCUT2D eigenvalue weighted by molar-refractivity contribution is 8.93. The number of carbonyl (C=O) groups excluding carboxylic acids is 1. The van der Waals surface area contributed by atoms with Gasteiger partial charge in [0, 0.05) is 6.42 Å². The lowest BCUT2D eigenvalue weighted by Gasteiger charge is -1.81. The Balaban J connectivity index is 0.000000360. The van der Waals surface area contributed by atoms with E-state index < -0.39 is 0 Å². The van der Waals surface area contributed by atoms with Crippen LogP contribution in [-0.4, -0.2) is 12.6 Å². The van der Waals surface area contributed by atoms with E-state index in [-0.39, 0.29) is 23.0 Å². The molecule has 1 aliphatic rings. The average Bonchev–Trinajstić information content (AvgIpc) is 1.86. The van der Waals surface area contributed by atoms with Crippen molar-refractivity contribution in [2.24, 2.45) is 0 Å². The van der Waals surface area contributed by atoms with Crippen molar-refractivity contribution in [2.75, 3.05) is 6.61 Å². The second kappa shape index (κ2) is 3.02. The van der Waals surface area contributed by atoms with Gasteiger partial charge in [-0.3, -0.25) is 4.79 Å². The van der Waals surface area contributed by atoms with E-state index in [0.717, 1.165) is 6.42 Å². The number of hydrogen-bond donors (Lipinski definition) is 0. The van der Waals surface area contributed by atoms with Gasteiger partial charge in [0.25, 0.3) is 0 Å². The Morgan fingerprint density at radius 1 is 1.57 bits per heavy atom. The van der Waals surface area contributed by atoms with Gasteiger partial charge in [-0.1, -0.05) is 0 Å². The fourth-order valence-corrected chi connectivity index (χ4v) is 0.475. The summed E-state index contributed by atoms with van der Waals surface area (Å²) in [6.07, 6.45) is 1.54. The van der Waals surface area contributed by atoms with E-state index in [1.165, 1.54) is 0 Å². The van der Waals surface area contributed by atoms with Gasteiger partial charge in [0.05, 0.1) is 6.61 Å². The van der Waals surface area contributed by atoms with Crippen LogP contribution in [0, 0.1) is 0 Å². The van der Waals surface area contributed by atoms with Crippen LogP contribution >= 0.6 is 17.0 Å². The zero-order valence-electron chi connectivity index (χ0n) is 3.85. The molecule has 0 radical (unpaired) electrons. The van der Waals surface area contributed by atoms with E-state index >= 15 is 0 Å². The number of hydrogen-bond acceptors (Lipinski definition) is 2. The van der Waals surface area contributed by atoms with Gasteiger partial charge in [0.15, 0.2) is 0 Å². The van der Waals surface area contributed by atoms with E-state index in [4.69, 9.17) is 0 Å². The third-order valence-corrected chi connectivity index (χ3v) is 0.788. The summed E-state index contributed by atoms with van der Waals surface area (Å²) in [4.78, 5) is 10.0. The van der Waals surface area contributed by atoms with Crippen molar-refractivity contribution in [3.05, 3.63) is 0 Å². The van der Waals surface area contributed by atoms with E-state index in [1.807, 2.05) is 0 Å². The van der Waals surface area contributed by atoms with Crippen LogP contribution in [0.3, 0.4) is 0 Å². The maximum atomic E-state index is 10.0. The average molecular weight is 167 g/mol. The Morgan fingerprint density at radius 2 is 2.29 bits per heavy atom. The second-order valence-electron chi connectivity index (χ2n) is 1.32. The molecule has 0 aromatic rings. The molecular weight excluding hydrogens is 160 g/mol. The SMILES string of the molecule is Br.O=C1CCCO1. The van der Waals surface area contributed by atoms with Crippen LogP contribution in [0.25, 0.3) is 0 Å². The van der Waals surface area contributed by atoms with Crippen molar-refractivity contribution >= 4 is 23.0 Å². The predicted molar refractivity (Wildman–Crippen MR) is 30.5 cm³/mol. The fraction of sp³-hybridized carbons (Fsp3) is 0.750. The van der Waals surface area contributed by atoms with Crippen LogP contribution in [0.4, 0.5) is 0 Å². The molecule has 42 valence electrons. The number of rotatable bonds is 0. The number of halogens is 1. The summed E-state index contributed by atoms with van der Waals surface area (Å²) < 4.78 is 4.51. The molecule has 0 bridgehead atoms. The largest absolute Gasteiger partial charge is 0.466 e. The molecule has 3 heteroatoms. The Morgan fingerprint density at radius 3 is 2.43 bits per heavy atom. The summed E-state index contributed by atoms with van der Waals surface area (Å²) in [5.74, 6) is -0.0463. The summed E-state index contributed by atoms with van der Waals surface area (Å²) >= 11 is 0. The lowest BCUT2D eigenvalue weighted by molar-refractivity contribution is -0.137. The zero-order valence-corrected chi connectivity index (χ0v) is 5.56. The summed E-state index contributed by atoms with van der Waals surface area (Å²) in [6.45, 7) is 0.638. The van der Waals surface area contributed by atoms with Crippen LogP contribution in [0.1, 0.15) is 12.8 Å². The Kier molecular flexibility index (Phi) is 3.00. The van der Waals surface area contributed by atoms with Crippen molar-refractivity contribution < 1.29 is 9.53 Å². The summed E-state index contributed by atoms with van der Waals surface area (Å²) in [6, 6.07) is 0. The van der Waals surface area contributed by atoms with Gasteiger partial charge in [-0.2, -0.15) is 0 Å². The normalized spacial score (nSPS) is 18.0. The zero-order chi connectivity index (χ0) is 4.41. The molecule has 1 fully saturated rings. The van der Waals surface area contributed by atoms with E-state index in [0.29, 0.717) is 13.0 Å². The molecule has 0 aliphatic carbocycles. The van der Waals surface area contributed by atoms with Gasteiger partial charge < -0.3 is 4.74 Å². The molecule has 7 heavy (non-hydrogen) atoms. The minimum Gasteiger partial charge on any atom is -0.466 e. The standard InChI is InChI=1S/C4H6O2.BrH/c5-4-2-1-3-6-4;/h1-3H2;1H. The predicted octanol–water partition coefficient (Wildman–Crippen LogP) is 0.901. The van der Waals surface area contributed by atoms with Crippen LogP contribution in [0.2, 0.25) is 0 Å². The van der Waals surface area contributed by atoms with Gasteiger partial charge in [-0.25, -0.2) is 0 Å². The lowest BCUT2D eigenvalue weighted by atomic mass is 10.4. The minimum absolute atomic E-state index is 0. The molecule has 0 aromatic heterocycles. The van der Waals surface area contributed by atoms with Gasteiger partial charge in [-0.05, 0) is 6.42 Å². The molecule has 0 unspecified atom stereocenters. The Labute approximate surface area is 52.6 Å². The number of ether oxygens (including phenoxy) is 1. The quantitative estimate of drug-likeness (QED) is 0.501. The first-order valence-electron chi connectivity index (χ1n) is 2.05. The van der Waals surface area contributed by atoms with E-state index in [1.54, 1.807) is 0 Å². The van der Waals surface area contributed by atoms with Crippen LogP contribution in [-0.2, 0) is 9.53 Å². The van der Waals surface area contributed by atoms with Crippen molar-refractivity contribution in [2.45, 2.75) is 12.8 Å². The van der Waals surface area contributed by atoms with Gasteiger partial charge >= 0.3 is 5.97 Å². The van der Waals surface area contributed by atoms with Crippen molar-refractivity contribution in [3.8, 4) is 0 Å². The minimum atomic E-state index is -0.0463. The second-order valence-corrected chi connectivity index (χ2v) is 1.32. The molecule has 0 amide bonds. The third-order valence-electron chi connectivity index (χ3n) is 0.788. The summed E-state index contributed by atoms with van der Waals surface area (Å²) in [5, 5.41) is 0. The highest BCUT2D eigenvalue weighted by atomic mass is 79.9. The molecule has 0 aromatic carbocycles. The van der Waals surface area contributed by atoms with Gasteiger partial charge in [0.1, 0.15) is 0 Å². The van der Waals surface area contributed by atoms with Crippen LogP contribution < -0.4 is 0 Å². The molecule has 0 spiro atoms. The molecule has 0 N–H and O–H groups in total. The summed E-state index contributed by atoms with van der Waals surface area (Å²) in [7, 11) is 0. The summed E-state index contributed by atoms with van der Waals surface area (Å²) in [5.41, 5.74) is 0. The van der Waals surface area contributed by atoms with Crippen LogP contribution in [0.5, 0.6) is 0 Å². The fourth-order valence-electron chi connectivity index (χ4n) is 0.475. The van der Waals surface area contributed by atoms with Gasteiger partial charge in [-0.15, -0.1) is 17.0 Å². The molecule has 1 rings (SSSR count). The molecule has 1 saturated heterocycles. The highest BCUT2D eigenvalue weighted by Crippen LogP contribution is 2.01. The monoisotopic (exact) mass is 166 g/mol. The maximum absolute atomic E-state index is 10.0. The molecular formula is C4H7BrO2. The number of carbonyl (C=O) groups is 1.